The third-order valence-corrected chi connectivity index (χ3v) is 5.26. The van der Waals surface area contributed by atoms with Crippen LogP contribution >= 0.6 is 0 Å². The average molecular weight is 323 g/mol. The molecule has 4 nitrogen and oxygen atoms in total. The molecule has 132 valence electrons. The van der Waals surface area contributed by atoms with Crippen molar-refractivity contribution in [2.24, 2.45) is 11.3 Å². The standard InChI is InChI=1S/C19H33NO3/c1-13-8-7-9-15(20(13)17(22)23-18(2,3)4)14-12-19(5,6)11-10-16(14)21/h13-15H,7-12H2,1-6H3. The molecule has 3 atom stereocenters. The molecule has 0 N–H and O–H groups in total. The molecule has 0 aromatic heterocycles. The Morgan fingerprint density at radius 3 is 2.52 bits per heavy atom. The maximum absolute atomic E-state index is 12.7. The van der Waals surface area contributed by atoms with Gasteiger partial charge in [0, 0.05) is 24.4 Å². The normalized spacial score (nSPS) is 31.8. The molecule has 4 heteroatoms. The fourth-order valence-electron chi connectivity index (χ4n) is 4.06. The highest BCUT2D eigenvalue weighted by Crippen LogP contribution is 2.42. The summed E-state index contributed by atoms with van der Waals surface area (Å²) in [5.41, 5.74) is -0.326. The summed E-state index contributed by atoms with van der Waals surface area (Å²) in [5, 5.41) is 0. The van der Waals surface area contributed by atoms with Crippen molar-refractivity contribution >= 4 is 11.9 Å². The van der Waals surface area contributed by atoms with E-state index in [4.69, 9.17) is 4.74 Å². The van der Waals surface area contributed by atoms with Crippen LogP contribution in [0.15, 0.2) is 0 Å². The molecule has 3 unspecified atom stereocenters. The first-order valence-corrected chi connectivity index (χ1v) is 9.04. The number of amides is 1. The summed E-state index contributed by atoms with van der Waals surface area (Å²) in [6.07, 6.45) is 5.20. The van der Waals surface area contributed by atoms with Gasteiger partial charge in [-0.1, -0.05) is 13.8 Å². The van der Waals surface area contributed by atoms with Gasteiger partial charge in [0.1, 0.15) is 11.4 Å². The van der Waals surface area contributed by atoms with Gasteiger partial charge in [0.25, 0.3) is 0 Å². The number of hydrogen-bond acceptors (Lipinski definition) is 3. The molecule has 23 heavy (non-hydrogen) atoms. The highest BCUT2D eigenvalue weighted by atomic mass is 16.6. The van der Waals surface area contributed by atoms with Crippen LogP contribution in [0.5, 0.6) is 0 Å². The van der Waals surface area contributed by atoms with Crippen molar-refractivity contribution in [1.82, 2.24) is 4.90 Å². The third kappa shape index (κ3) is 4.48. The lowest BCUT2D eigenvalue weighted by Gasteiger charge is -2.47. The second kappa shape index (κ2) is 6.45. The van der Waals surface area contributed by atoms with Crippen LogP contribution in [0.25, 0.3) is 0 Å². The first kappa shape index (κ1) is 18.3. The first-order chi connectivity index (χ1) is 10.5. The van der Waals surface area contributed by atoms with E-state index < -0.39 is 5.60 Å². The average Bonchev–Trinajstić information content (AvgIpc) is 2.39. The van der Waals surface area contributed by atoms with E-state index in [9.17, 15) is 9.59 Å². The summed E-state index contributed by atoms with van der Waals surface area (Å²) in [5.74, 6) is 0.297. The van der Waals surface area contributed by atoms with Crippen molar-refractivity contribution < 1.29 is 14.3 Å². The van der Waals surface area contributed by atoms with E-state index >= 15 is 0 Å². The summed E-state index contributed by atoms with van der Waals surface area (Å²) in [6, 6.07) is 0.141. The van der Waals surface area contributed by atoms with Crippen LogP contribution in [-0.4, -0.2) is 34.5 Å². The number of Topliss-reactive ketones (excluding diaryl/α,β-unsaturated/α-hetero) is 1. The molecule has 1 aliphatic carbocycles. The zero-order valence-electron chi connectivity index (χ0n) is 15.6. The maximum Gasteiger partial charge on any atom is 0.410 e. The number of piperidine rings is 1. The summed E-state index contributed by atoms with van der Waals surface area (Å²) in [6.45, 7) is 12.2. The molecule has 0 spiro atoms. The van der Waals surface area contributed by atoms with Gasteiger partial charge in [-0.15, -0.1) is 0 Å². The van der Waals surface area contributed by atoms with E-state index in [1.165, 1.54) is 0 Å². The molecule has 0 radical (unpaired) electrons. The molecule has 1 heterocycles. The summed E-state index contributed by atoms with van der Waals surface area (Å²) >= 11 is 0. The highest BCUT2D eigenvalue weighted by molar-refractivity contribution is 5.83. The van der Waals surface area contributed by atoms with Gasteiger partial charge in [-0.3, -0.25) is 4.79 Å². The smallest absolute Gasteiger partial charge is 0.410 e. The Labute approximate surface area is 140 Å². The monoisotopic (exact) mass is 323 g/mol. The van der Waals surface area contributed by atoms with Crippen molar-refractivity contribution in [3.63, 3.8) is 0 Å². The molecule has 0 aromatic carbocycles. The lowest BCUT2D eigenvalue weighted by atomic mass is 9.67. The summed E-state index contributed by atoms with van der Waals surface area (Å²) in [4.78, 5) is 27.2. The fraction of sp³-hybridized carbons (Fsp3) is 0.895. The summed E-state index contributed by atoms with van der Waals surface area (Å²) < 4.78 is 5.63. The van der Waals surface area contributed by atoms with Gasteiger partial charge >= 0.3 is 6.09 Å². The minimum absolute atomic E-state index is 0.000625. The second-order valence-electron chi connectivity index (χ2n) is 9.18. The van der Waals surface area contributed by atoms with Gasteiger partial charge in [-0.25, -0.2) is 4.79 Å². The van der Waals surface area contributed by atoms with Gasteiger partial charge < -0.3 is 9.64 Å². The summed E-state index contributed by atoms with van der Waals surface area (Å²) in [7, 11) is 0. The molecule has 1 saturated carbocycles. The van der Waals surface area contributed by atoms with Crippen molar-refractivity contribution in [1.29, 1.82) is 0 Å². The van der Waals surface area contributed by atoms with E-state index in [1.807, 2.05) is 25.7 Å². The van der Waals surface area contributed by atoms with Crippen LogP contribution < -0.4 is 0 Å². The first-order valence-electron chi connectivity index (χ1n) is 9.04. The quantitative estimate of drug-likeness (QED) is 0.710. The number of rotatable bonds is 1. The van der Waals surface area contributed by atoms with E-state index in [-0.39, 0.29) is 29.5 Å². The van der Waals surface area contributed by atoms with Gasteiger partial charge in [0.15, 0.2) is 0 Å². The molecule has 0 aromatic rings. The number of ether oxygens (including phenoxy) is 1. The van der Waals surface area contributed by atoms with Crippen LogP contribution in [0.3, 0.4) is 0 Å². The zero-order chi connectivity index (χ0) is 17.4. The van der Waals surface area contributed by atoms with Crippen molar-refractivity contribution in [3.8, 4) is 0 Å². The van der Waals surface area contributed by atoms with Gasteiger partial charge in [0.05, 0.1) is 0 Å². The molecule has 2 fully saturated rings. The van der Waals surface area contributed by atoms with Crippen LogP contribution in [0.1, 0.15) is 80.1 Å². The highest BCUT2D eigenvalue weighted by Gasteiger charge is 2.45. The van der Waals surface area contributed by atoms with E-state index in [2.05, 4.69) is 20.8 Å². The zero-order valence-corrected chi connectivity index (χ0v) is 15.6. The molecule has 2 aliphatic rings. The number of nitrogens with zero attached hydrogens (tertiary/aromatic N) is 1. The Hall–Kier alpha value is -1.06. The maximum atomic E-state index is 12.7. The molecular weight excluding hydrogens is 290 g/mol. The van der Waals surface area contributed by atoms with Crippen molar-refractivity contribution in [2.75, 3.05) is 0 Å². The minimum atomic E-state index is -0.505. The van der Waals surface area contributed by atoms with Crippen LogP contribution in [0.2, 0.25) is 0 Å². The SMILES string of the molecule is CC1CCCC(C2CC(C)(C)CCC2=O)N1C(=O)OC(C)(C)C. The molecule has 2 rings (SSSR count). The van der Waals surface area contributed by atoms with E-state index in [0.29, 0.717) is 12.2 Å². The number of carbonyl (C=O) groups is 2. The fourth-order valence-corrected chi connectivity index (χ4v) is 4.06. The van der Waals surface area contributed by atoms with Gasteiger partial charge in [0.2, 0.25) is 0 Å². The largest absolute Gasteiger partial charge is 0.444 e. The Kier molecular flexibility index (Phi) is 5.12. The Morgan fingerprint density at radius 1 is 1.26 bits per heavy atom. The predicted molar refractivity (Wildman–Crippen MR) is 91.3 cm³/mol. The molecule has 0 bridgehead atoms. The van der Waals surface area contributed by atoms with Crippen molar-refractivity contribution in [2.45, 2.75) is 97.8 Å². The topological polar surface area (TPSA) is 46.6 Å². The van der Waals surface area contributed by atoms with E-state index in [0.717, 1.165) is 32.1 Å². The molecule has 1 aliphatic heterocycles. The van der Waals surface area contributed by atoms with E-state index in [1.54, 1.807) is 0 Å². The molecule has 1 saturated heterocycles. The molecular formula is C19H33NO3. The van der Waals surface area contributed by atoms with Crippen LogP contribution in [0, 0.1) is 11.3 Å². The van der Waals surface area contributed by atoms with Gasteiger partial charge in [-0.2, -0.15) is 0 Å². The number of hydrogen-bond donors (Lipinski definition) is 0. The Morgan fingerprint density at radius 2 is 1.91 bits per heavy atom. The Bertz CT molecular complexity index is 464. The van der Waals surface area contributed by atoms with Gasteiger partial charge in [-0.05, 0) is 65.2 Å². The number of likely N-dealkylation sites (tertiary alicyclic amines) is 1. The van der Waals surface area contributed by atoms with Crippen LogP contribution in [-0.2, 0) is 9.53 Å². The Balaban J connectivity index is 2.22. The molecule has 1 amide bonds. The number of carbonyl (C=O) groups excluding carboxylic acids is 2. The predicted octanol–water partition coefficient (Wildman–Crippen LogP) is 4.56. The van der Waals surface area contributed by atoms with Crippen molar-refractivity contribution in [3.05, 3.63) is 0 Å². The number of ketones is 1. The minimum Gasteiger partial charge on any atom is -0.444 e. The lowest BCUT2D eigenvalue weighted by Crippen LogP contribution is -2.56. The third-order valence-electron chi connectivity index (χ3n) is 5.26. The second-order valence-corrected chi connectivity index (χ2v) is 9.18. The van der Waals surface area contributed by atoms with Crippen LogP contribution in [0.4, 0.5) is 4.79 Å². The lowest BCUT2D eigenvalue weighted by molar-refractivity contribution is -0.131.